The maximum atomic E-state index is 13.6. The first kappa shape index (κ1) is 25.9. The van der Waals surface area contributed by atoms with Crippen LogP contribution in [0, 0.1) is 5.92 Å². The Morgan fingerprint density at radius 2 is 1.89 bits per heavy atom. The molecule has 1 N–H and O–H groups in total. The number of anilines is 1. The molecule has 3 aliphatic heterocycles. The van der Waals surface area contributed by atoms with Gasteiger partial charge < -0.3 is 24.8 Å². The van der Waals surface area contributed by atoms with E-state index >= 15 is 0 Å². The van der Waals surface area contributed by atoms with Crippen LogP contribution < -0.4 is 10.2 Å². The van der Waals surface area contributed by atoms with Crippen LogP contribution in [0.25, 0.3) is 10.4 Å². The normalized spacial score (nSPS) is 25.0. The second-order valence-corrected chi connectivity index (χ2v) is 10.1. The van der Waals surface area contributed by atoms with E-state index in [9.17, 15) is 14.4 Å². The second-order valence-electron chi connectivity index (χ2n) is 10.1. The number of carbonyl (C=O) groups excluding carboxylic acids is 3. The molecule has 0 bridgehead atoms. The highest BCUT2D eigenvalue weighted by Gasteiger charge is 2.53. The number of ether oxygens (including phenoxy) is 1. The van der Waals surface area contributed by atoms with E-state index in [0.717, 1.165) is 38.4 Å². The van der Waals surface area contributed by atoms with Crippen molar-refractivity contribution in [1.29, 1.82) is 0 Å². The van der Waals surface area contributed by atoms with Gasteiger partial charge >= 0.3 is 0 Å². The minimum absolute atomic E-state index is 0.0917. The van der Waals surface area contributed by atoms with Gasteiger partial charge in [-0.25, -0.2) is 0 Å². The molecule has 0 spiro atoms. The van der Waals surface area contributed by atoms with Gasteiger partial charge in [0.05, 0.1) is 12.1 Å². The standard InChI is InChI=1S/C25H35N7O4/c1-4-30-9-11-31(12-10-30)18-7-5-17(6-8-18)24(34)27-19(13-16(2)3)25(35)32-14-20(28-29-26)23-22(32)21(33)15-36-23/h5-8,16,19-20,22-23H,4,9-15H2,1-3H3,(H,27,34)/t19-,20-,22+,23+/m0/s1. The number of nitrogens with zero attached hydrogens (tertiary/aromatic N) is 6. The predicted octanol–water partition coefficient (Wildman–Crippen LogP) is 1.83. The molecule has 11 heteroatoms. The van der Waals surface area contributed by atoms with Crippen LogP contribution in [0.4, 0.5) is 5.69 Å². The number of piperazine rings is 1. The van der Waals surface area contributed by atoms with E-state index in [1.165, 1.54) is 4.90 Å². The Kier molecular flexibility index (Phi) is 8.13. The molecule has 1 aromatic rings. The summed E-state index contributed by atoms with van der Waals surface area (Å²) >= 11 is 0. The molecule has 3 aliphatic rings. The topological polar surface area (TPSA) is 131 Å². The number of likely N-dealkylation sites (tertiary alicyclic amines) is 1. The number of azide groups is 1. The van der Waals surface area contributed by atoms with E-state index in [0.29, 0.717) is 12.0 Å². The number of nitrogens with one attached hydrogen (secondary N) is 1. The maximum absolute atomic E-state index is 13.6. The first-order chi connectivity index (χ1) is 17.3. The molecule has 3 saturated heterocycles. The lowest BCUT2D eigenvalue weighted by atomic mass is 10.0. The Hall–Kier alpha value is -3.14. The van der Waals surface area contributed by atoms with Gasteiger partial charge in [-0.15, -0.1) is 0 Å². The Labute approximate surface area is 211 Å². The van der Waals surface area contributed by atoms with Crippen molar-refractivity contribution in [2.75, 3.05) is 50.8 Å². The SMILES string of the molecule is CCN1CCN(c2ccc(C(=O)N[C@@H](CC(C)C)C(=O)N3C[C@H](N=[N+]=[N-])[C@H]4OCC(=O)[C@H]43)cc2)CC1. The summed E-state index contributed by atoms with van der Waals surface area (Å²) in [5.41, 5.74) is 10.4. The molecule has 11 nitrogen and oxygen atoms in total. The largest absolute Gasteiger partial charge is 0.369 e. The lowest BCUT2D eigenvalue weighted by Gasteiger charge is -2.35. The number of hydrogen-bond acceptors (Lipinski definition) is 7. The Balaban J connectivity index is 1.45. The minimum atomic E-state index is -0.807. The highest BCUT2D eigenvalue weighted by Crippen LogP contribution is 2.30. The number of fused-ring (bicyclic) bond motifs is 1. The van der Waals surface area contributed by atoms with Crippen molar-refractivity contribution in [3.8, 4) is 0 Å². The zero-order valence-electron chi connectivity index (χ0n) is 21.2. The molecule has 0 unspecified atom stereocenters. The van der Waals surface area contributed by atoms with E-state index < -0.39 is 24.2 Å². The molecule has 2 amide bonds. The zero-order valence-corrected chi connectivity index (χ0v) is 21.2. The molecule has 4 rings (SSSR count). The summed E-state index contributed by atoms with van der Waals surface area (Å²) in [6.07, 6.45) is -0.223. The number of carbonyl (C=O) groups is 3. The minimum Gasteiger partial charge on any atom is -0.369 e. The van der Waals surface area contributed by atoms with Crippen molar-refractivity contribution in [3.05, 3.63) is 40.3 Å². The van der Waals surface area contributed by atoms with Gasteiger partial charge in [0.1, 0.15) is 18.7 Å². The molecule has 0 aromatic heterocycles. The molecule has 36 heavy (non-hydrogen) atoms. The highest BCUT2D eigenvalue weighted by molar-refractivity contribution is 5.99. The van der Waals surface area contributed by atoms with E-state index in [2.05, 4.69) is 32.1 Å². The van der Waals surface area contributed by atoms with Crippen molar-refractivity contribution in [2.24, 2.45) is 11.0 Å². The first-order valence-electron chi connectivity index (χ1n) is 12.7. The van der Waals surface area contributed by atoms with Crippen molar-refractivity contribution in [3.63, 3.8) is 0 Å². The third-order valence-electron chi connectivity index (χ3n) is 7.27. The second kappa shape index (κ2) is 11.3. The van der Waals surface area contributed by atoms with Crippen LogP contribution >= 0.6 is 0 Å². The number of Topliss-reactive ketones (excluding diaryl/α,β-unsaturated/α-hetero) is 1. The van der Waals surface area contributed by atoms with E-state index in [1.54, 1.807) is 12.1 Å². The number of ketones is 1. The highest BCUT2D eigenvalue weighted by atomic mass is 16.5. The summed E-state index contributed by atoms with van der Waals surface area (Å²) < 4.78 is 5.52. The smallest absolute Gasteiger partial charge is 0.251 e. The summed E-state index contributed by atoms with van der Waals surface area (Å²) in [6.45, 7) is 11.1. The predicted molar refractivity (Wildman–Crippen MR) is 135 cm³/mol. The van der Waals surface area contributed by atoms with Gasteiger partial charge in [-0.05, 0) is 48.7 Å². The van der Waals surface area contributed by atoms with Gasteiger partial charge in [0.15, 0.2) is 5.78 Å². The van der Waals surface area contributed by atoms with Crippen molar-refractivity contribution in [2.45, 2.75) is 51.4 Å². The lowest BCUT2D eigenvalue weighted by Crippen LogP contribution is -2.52. The monoisotopic (exact) mass is 497 g/mol. The van der Waals surface area contributed by atoms with Crippen LogP contribution in [0.1, 0.15) is 37.6 Å². The molecule has 4 atom stereocenters. The summed E-state index contributed by atoms with van der Waals surface area (Å²) in [6, 6.07) is 5.24. The summed E-state index contributed by atoms with van der Waals surface area (Å²) in [4.78, 5) is 48.1. The van der Waals surface area contributed by atoms with E-state index in [1.807, 2.05) is 26.0 Å². The van der Waals surface area contributed by atoms with Crippen molar-refractivity contribution >= 4 is 23.3 Å². The Morgan fingerprint density at radius 3 is 2.50 bits per heavy atom. The zero-order chi connectivity index (χ0) is 25.8. The van der Waals surface area contributed by atoms with Gasteiger partial charge in [0.25, 0.3) is 5.91 Å². The van der Waals surface area contributed by atoms with Crippen LogP contribution in [0.3, 0.4) is 0 Å². The van der Waals surface area contributed by atoms with Gasteiger partial charge in [0, 0.05) is 48.9 Å². The maximum Gasteiger partial charge on any atom is 0.251 e. The Bertz CT molecular complexity index is 1020. The van der Waals surface area contributed by atoms with Crippen LogP contribution in [0.5, 0.6) is 0 Å². The van der Waals surface area contributed by atoms with Gasteiger partial charge in [-0.3, -0.25) is 14.4 Å². The fourth-order valence-electron chi connectivity index (χ4n) is 5.31. The molecule has 3 heterocycles. The van der Waals surface area contributed by atoms with Crippen LogP contribution in [0.2, 0.25) is 0 Å². The molecule has 0 aliphatic carbocycles. The number of hydrogen-bond donors (Lipinski definition) is 1. The average Bonchev–Trinajstić information content (AvgIpc) is 3.44. The first-order valence-corrected chi connectivity index (χ1v) is 12.7. The number of likely N-dealkylation sites (N-methyl/N-ethyl adjacent to an activating group) is 1. The van der Waals surface area contributed by atoms with Crippen LogP contribution in [-0.2, 0) is 14.3 Å². The molecule has 194 valence electrons. The lowest BCUT2D eigenvalue weighted by molar-refractivity contribution is -0.138. The molecule has 3 fully saturated rings. The summed E-state index contributed by atoms with van der Waals surface area (Å²) in [7, 11) is 0. The Morgan fingerprint density at radius 1 is 1.19 bits per heavy atom. The van der Waals surface area contributed by atoms with Crippen molar-refractivity contribution < 1.29 is 19.1 Å². The number of rotatable bonds is 8. The van der Waals surface area contributed by atoms with E-state index in [4.69, 9.17) is 10.3 Å². The van der Waals surface area contributed by atoms with Gasteiger partial charge in [-0.2, -0.15) is 0 Å². The fourth-order valence-corrected chi connectivity index (χ4v) is 5.31. The molecule has 1 aromatic carbocycles. The summed E-state index contributed by atoms with van der Waals surface area (Å²) in [5.74, 6) is -0.779. The van der Waals surface area contributed by atoms with Gasteiger partial charge in [-0.1, -0.05) is 25.9 Å². The van der Waals surface area contributed by atoms with Crippen LogP contribution in [-0.4, -0.2) is 97.5 Å². The number of benzene rings is 1. The van der Waals surface area contributed by atoms with E-state index in [-0.39, 0.29) is 36.7 Å². The third kappa shape index (κ3) is 5.48. The molecule has 0 saturated carbocycles. The fraction of sp³-hybridized carbons (Fsp3) is 0.640. The van der Waals surface area contributed by atoms with Crippen LogP contribution in [0.15, 0.2) is 29.4 Å². The summed E-state index contributed by atoms with van der Waals surface area (Å²) in [5, 5.41) is 6.62. The molecular weight excluding hydrogens is 462 g/mol. The van der Waals surface area contributed by atoms with Gasteiger partial charge in [0.2, 0.25) is 5.91 Å². The average molecular weight is 498 g/mol. The third-order valence-corrected chi connectivity index (χ3v) is 7.27. The molecular formula is C25H35N7O4. The van der Waals surface area contributed by atoms with Crippen molar-refractivity contribution in [1.82, 2.24) is 15.1 Å². The molecule has 0 radical (unpaired) electrons. The number of amides is 2. The quantitative estimate of drug-likeness (QED) is 0.331.